The number of ether oxygens (including phenoxy) is 1. The largest absolute Gasteiger partial charge is 0.393 e. The first-order valence-electron chi connectivity index (χ1n) is 4.69. The predicted octanol–water partition coefficient (Wildman–Crippen LogP) is 0.267. The third-order valence-electron chi connectivity index (χ3n) is 3.63. The molecule has 3 aliphatic rings. The Labute approximate surface area is 72.9 Å². The molecule has 70 valence electrons. The summed E-state index contributed by atoms with van der Waals surface area (Å²) in [6.45, 7) is 1.66. The maximum Gasteiger partial charge on any atom is 0.0912 e. The number of nitrogens with two attached hydrogens (primary N) is 1. The molecule has 2 saturated heterocycles. The number of hydrogen-bond acceptors (Lipinski definition) is 3. The molecule has 0 radical (unpaired) electrons. The zero-order chi connectivity index (χ0) is 8.66. The number of hydrogen-bond donors (Lipinski definition) is 2. The summed E-state index contributed by atoms with van der Waals surface area (Å²) in [5.41, 5.74) is 5.76. The summed E-state index contributed by atoms with van der Waals surface area (Å²) < 4.78 is 5.68. The number of rotatable bonds is 2. The predicted molar refractivity (Wildman–Crippen MR) is 45.7 cm³/mol. The Balaban J connectivity index is 2.09. The molecule has 2 aliphatic heterocycles. The molecule has 0 unspecified atom stereocenters. The first-order valence-corrected chi connectivity index (χ1v) is 4.69. The maximum atomic E-state index is 9.17. The van der Waals surface area contributed by atoms with Crippen LogP contribution in [0.2, 0.25) is 0 Å². The minimum atomic E-state index is -0.197. The van der Waals surface area contributed by atoms with Gasteiger partial charge in [0.05, 0.1) is 18.8 Å². The fourth-order valence-corrected chi connectivity index (χ4v) is 2.30. The Bertz CT molecular complexity index is 137. The fraction of sp³-hybridized carbons (Fsp3) is 1.00. The lowest BCUT2D eigenvalue weighted by atomic mass is 9.66. The van der Waals surface area contributed by atoms with Crippen molar-refractivity contribution in [2.24, 2.45) is 11.1 Å². The minimum absolute atomic E-state index is 0.174. The second-order valence-electron chi connectivity index (χ2n) is 4.33. The van der Waals surface area contributed by atoms with Gasteiger partial charge in [-0.05, 0) is 25.7 Å². The lowest BCUT2D eigenvalue weighted by molar-refractivity contribution is -0.195. The second kappa shape index (κ2) is 2.69. The van der Waals surface area contributed by atoms with Gasteiger partial charge in [-0.1, -0.05) is 0 Å². The molecular formula is C9H17NO2. The average molecular weight is 171 g/mol. The lowest BCUT2D eigenvalue weighted by Crippen LogP contribution is -2.55. The van der Waals surface area contributed by atoms with E-state index in [1.807, 2.05) is 0 Å². The molecule has 3 nitrogen and oxygen atoms in total. The van der Waals surface area contributed by atoms with Gasteiger partial charge in [-0.3, -0.25) is 0 Å². The van der Waals surface area contributed by atoms with E-state index in [-0.39, 0.29) is 17.6 Å². The quantitative estimate of drug-likeness (QED) is 0.627. The van der Waals surface area contributed by atoms with Gasteiger partial charge in [-0.25, -0.2) is 0 Å². The molecule has 1 saturated carbocycles. The summed E-state index contributed by atoms with van der Waals surface area (Å²) in [5, 5.41) is 9.17. The molecule has 1 aliphatic carbocycles. The molecule has 0 aromatic rings. The van der Waals surface area contributed by atoms with Gasteiger partial charge < -0.3 is 15.6 Å². The highest BCUT2D eigenvalue weighted by atomic mass is 16.5. The highest BCUT2D eigenvalue weighted by Gasteiger charge is 2.48. The van der Waals surface area contributed by atoms with Gasteiger partial charge in [-0.2, -0.15) is 0 Å². The van der Waals surface area contributed by atoms with E-state index in [2.05, 4.69) is 0 Å². The average Bonchev–Trinajstić information content (AvgIpc) is 2.21. The van der Waals surface area contributed by atoms with Crippen molar-refractivity contribution in [2.75, 3.05) is 19.8 Å². The first-order chi connectivity index (χ1) is 5.74. The summed E-state index contributed by atoms with van der Waals surface area (Å²) in [5.74, 6) is 0. The summed E-state index contributed by atoms with van der Waals surface area (Å²) in [6.07, 6.45) is 4.23. The molecule has 0 amide bonds. The van der Waals surface area contributed by atoms with Crippen LogP contribution in [0.3, 0.4) is 0 Å². The second-order valence-corrected chi connectivity index (χ2v) is 4.33. The van der Waals surface area contributed by atoms with Crippen molar-refractivity contribution >= 4 is 0 Å². The standard InChI is InChI=1S/C9H17NO2/c10-5-8-1-3-9(6-11,4-2-8)12-7-8/h11H,1-7,10H2. The zero-order valence-electron chi connectivity index (χ0n) is 7.38. The summed E-state index contributed by atoms with van der Waals surface area (Å²) in [7, 11) is 0. The topological polar surface area (TPSA) is 55.5 Å². The first kappa shape index (κ1) is 8.48. The molecule has 3 fully saturated rings. The zero-order valence-corrected chi connectivity index (χ0v) is 7.38. The smallest absolute Gasteiger partial charge is 0.0912 e. The van der Waals surface area contributed by atoms with Gasteiger partial charge in [0, 0.05) is 12.0 Å². The van der Waals surface area contributed by atoms with E-state index in [1.54, 1.807) is 0 Å². The van der Waals surface area contributed by atoms with Crippen LogP contribution in [0.1, 0.15) is 25.7 Å². The Morgan fingerprint density at radius 2 is 1.92 bits per heavy atom. The number of aliphatic hydroxyl groups is 1. The van der Waals surface area contributed by atoms with Crippen LogP contribution < -0.4 is 5.73 Å². The minimum Gasteiger partial charge on any atom is -0.393 e. The van der Waals surface area contributed by atoms with Crippen LogP contribution in [0.15, 0.2) is 0 Å². The molecule has 3 rings (SSSR count). The molecule has 12 heavy (non-hydrogen) atoms. The third-order valence-corrected chi connectivity index (χ3v) is 3.63. The van der Waals surface area contributed by atoms with Crippen molar-refractivity contribution in [3.63, 3.8) is 0 Å². The van der Waals surface area contributed by atoms with E-state index in [9.17, 15) is 0 Å². The van der Waals surface area contributed by atoms with Crippen molar-refractivity contribution in [3.05, 3.63) is 0 Å². The van der Waals surface area contributed by atoms with Gasteiger partial charge in [0.15, 0.2) is 0 Å². The Kier molecular flexibility index (Phi) is 1.90. The maximum absolute atomic E-state index is 9.17. The van der Waals surface area contributed by atoms with Crippen molar-refractivity contribution < 1.29 is 9.84 Å². The van der Waals surface area contributed by atoms with Crippen LogP contribution in [0.5, 0.6) is 0 Å². The van der Waals surface area contributed by atoms with Gasteiger partial charge in [0.2, 0.25) is 0 Å². The van der Waals surface area contributed by atoms with Crippen LogP contribution in [0.4, 0.5) is 0 Å². The van der Waals surface area contributed by atoms with Crippen molar-refractivity contribution in [2.45, 2.75) is 31.3 Å². The molecule has 2 heterocycles. The lowest BCUT2D eigenvalue weighted by Gasteiger charge is -2.52. The molecule has 3 heteroatoms. The van der Waals surface area contributed by atoms with E-state index in [1.165, 1.54) is 0 Å². The van der Waals surface area contributed by atoms with Gasteiger partial charge in [-0.15, -0.1) is 0 Å². The summed E-state index contributed by atoms with van der Waals surface area (Å²) >= 11 is 0. The third kappa shape index (κ3) is 1.08. The Hall–Kier alpha value is -0.120. The monoisotopic (exact) mass is 171 g/mol. The van der Waals surface area contributed by atoms with Crippen molar-refractivity contribution in [1.82, 2.24) is 0 Å². The normalized spacial score (nSPS) is 46.5. The fourth-order valence-electron chi connectivity index (χ4n) is 2.30. The van der Waals surface area contributed by atoms with Crippen molar-refractivity contribution in [3.8, 4) is 0 Å². The van der Waals surface area contributed by atoms with E-state index in [0.717, 1.165) is 38.8 Å². The van der Waals surface area contributed by atoms with Crippen LogP contribution >= 0.6 is 0 Å². The molecule has 3 N–H and O–H groups in total. The van der Waals surface area contributed by atoms with E-state index in [4.69, 9.17) is 15.6 Å². The van der Waals surface area contributed by atoms with E-state index < -0.39 is 0 Å². The molecule has 0 aromatic heterocycles. The van der Waals surface area contributed by atoms with Gasteiger partial charge in [0.25, 0.3) is 0 Å². The SMILES string of the molecule is NCC12CCC(CO)(CC1)OC2. The number of aliphatic hydroxyl groups excluding tert-OH is 1. The van der Waals surface area contributed by atoms with E-state index >= 15 is 0 Å². The van der Waals surface area contributed by atoms with Crippen LogP contribution in [0.25, 0.3) is 0 Å². The highest BCUT2D eigenvalue weighted by molar-refractivity contribution is 4.99. The van der Waals surface area contributed by atoms with E-state index in [0.29, 0.717) is 0 Å². The molecular weight excluding hydrogens is 154 g/mol. The van der Waals surface area contributed by atoms with Crippen LogP contribution in [-0.4, -0.2) is 30.5 Å². The molecule has 0 spiro atoms. The van der Waals surface area contributed by atoms with Crippen LogP contribution in [-0.2, 0) is 4.74 Å². The Morgan fingerprint density at radius 1 is 1.25 bits per heavy atom. The Morgan fingerprint density at radius 3 is 2.25 bits per heavy atom. The summed E-state index contributed by atoms with van der Waals surface area (Å²) in [4.78, 5) is 0. The number of fused-ring (bicyclic) bond motifs is 3. The van der Waals surface area contributed by atoms with Crippen LogP contribution in [0, 0.1) is 5.41 Å². The van der Waals surface area contributed by atoms with Gasteiger partial charge >= 0.3 is 0 Å². The molecule has 2 bridgehead atoms. The van der Waals surface area contributed by atoms with Crippen molar-refractivity contribution in [1.29, 1.82) is 0 Å². The molecule has 0 atom stereocenters. The highest BCUT2D eigenvalue weighted by Crippen LogP contribution is 2.47. The van der Waals surface area contributed by atoms with Gasteiger partial charge in [0.1, 0.15) is 0 Å². The molecule has 0 aromatic carbocycles. The summed E-state index contributed by atoms with van der Waals surface area (Å²) in [6, 6.07) is 0.